The summed E-state index contributed by atoms with van der Waals surface area (Å²) >= 11 is 1.82. The van der Waals surface area contributed by atoms with Crippen LogP contribution >= 0.6 is 11.8 Å². The topological polar surface area (TPSA) is 33.6 Å². The molecule has 1 aromatic carbocycles. The van der Waals surface area contributed by atoms with Crippen molar-refractivity contribution in [2.75, 3.05) is 19.0 Å². The van der Waals surface area contributed by atoms with Crippen LogP contribution in [0.2, 0.25) is 0 Å². The van der Waals surface area contributed by atoms with Gasteiger partial charge in [-0.3, -0.25) is 4.99 Å². The number of amidine groups is 1. The van der Waals surface area contributed by atoms with Crippen molar-refractivity contribution in [3.8, 4) is 0 Å². The molecule has 2 unspecified atom stereocenters. The Morgan fingerprint density at radius 2 is 2.17 bits per heavy atom. The van der Waals surface area contributed by atoms with Gasteiger partial charge >= 0.3 is 0 Å². The van der Waals surface area contributed by atoms with Crippen LogP contribution in [0.3, 0.4) is 0 Å². The molecule has 1 N–H and O–H groups in total. The summed E-state index contributed by atoms with van der Waals surface area (Å²) in [6, 6.07) is 11.3. The molecule has 0 aliphatic carbocycles. The Morgan fingerprint density at radius 1 is 1.28 bits per heavy atom. The predicted octanol–water partition coefficient (Wildman–Crippen LogP) is 2.60. The molecule has 2 heterocycles. The molecule has 2 atom stereocenters. The number of nitrogens with one attached hydrogen (secondary N) is 1. The average molecular weight is 262 g/mol. The molecule has 0 aromatic heterocycles. The summed E-state index contributed by atoms with van der Waals surface area (Å²) in [6.45, 7) is 1.72. The second kappa shape index (κ2) is 5.76. The highest BCUT2D eigenvalue weighted by molar-refractivity contribution is 8.14. The number of hydrogen-bond acceptors (Lipinski definition) is 4. The van der Waals surface area contributed by atoms with Gasteiger partial charge in [0.15, 0.2) is 5.17 Å². The van der Waals surface area contributed by atoms with Crippen LogP contribution in [0.15, 0.2) is 35.3 Å². The van der Waals surface area contributed by atoms with Crippen molar-refractivity contribution in [2.24, 2.45) is 4.99 Å². The van der Waals surface area contributed by atoms with E-state index in [4.69, 9.17) is 9.73 Å². The number of rotatable bonds is 2. The largest absolute Gasteiger partial charge is 0.379 e. The van der Waals surface area contributed by atoms with Gasteiger partial charge in [0.1, 0.15) is 0 Å². The van der Waals surface area contributed by atoms with Gasteiger partial charge in [-0.05, 0) is 18.4 Å². The molecular formula is C14H18N2OS. The maximum atomic E-state index is 5.48. The van der Waals surface area contributed by atoms with Crippen molar-refractivity contribution in [1.82, 2.24) is 5.32 Å². The Hall–Kier alpha value is -1.00. The molecule has 3 rings (SSSR count). The Bertz CT molecular complexity index is 415. The SMILES string of the molecule is c1ccc(C2CSC(NC3CCCOC3)=N2)cc1. The zero-order chi connectivity index (χ0) is 12.2. The van der Waals surface area contributed by atoms with Gasteiger partial charge in [-0.1, -0.05) is 42.1 Å². The normalized spacial score (nSPS) is 27.9. The van der Waals surface area contributed by atoms with Gasteiger partial charge in [0.05, 0.1) is 18.7 Å². The number of hydrogen-bond donors (Lipinski definition) is 1. The molecule has 0 bridgehead atoms. The second-order valence-corrected chi connectivity index (χ2v) is 5.74. The minimum absolute atomic E-state index is 0.309. The van der Waals surface area contributed by atoms with Crippen molar-refractivity contribution in [3.05, 3.63) is 35.9 Å². The van der Waals surface area contributed by atoms with Crippen LogP contribution in [0.5, 0.6) is 0 Å². The predicted molar refractivity (Wildman–Crippen MR) is 76.1 cm³/mol. The fraction of sp³-hybridized carbons (Fsp3) is 0.500. The molecule has 2 aliphatic heterocycles. The minimum atomic E-state index is 0.309. The minimum Gasteiger partial charge on any atom is -0.379 e. The van der Waals surface area contributed by atoms with Crippen LogP contribution in [0.25, 0.3) is 0 Å². The van der Waals surface area contributed by atoms with Crippen molar-refractivity contribution in [3.63, 3.8) is 0 Å². The molecule has 18 heavy (non-hydrogen) atoms. The summed E-state index contributed by atoms with van der Waals surface area (Å²) in [7, 11) is 0. The highest BCUT2D eigenvalue weighted by atomic mass is 32.2. The molecular weight excluding hydrogens is 244 g/mol. The zero-order valence-corrected chi connectivity index (χ0v) is 11.2. The number of nitrogens with zero attached hydrogens (tertiary/aromatic N) is 1. The first-order valence-corrected chi connectivity index (χ1v) is 7.50. The smallest absolute Gasteiger partial charge is 0.157 e. The van der Waals surface area contributed by atoms with Crippen LogP contribution in [0, 0.1) is 0 Å². The number of benzene rings is 1. The third-order valence-electron chi connectivity index (χ3n) is 3.32. The zero-order valence-electron chi connectivity index (χ0n) is 10.3. The summed E-state index contributed by atoms with van der Waals surface area (Å²) in [6.07, 6.45) is 2.34. The summed E-state index contributed by atoms with van der Waals surface area (Å²) in [5.74, 6) is 1.04. The van der Waals surface area contributed by atoms with Gasteiger partial charge in [0.25, 0.3) is 0 Å². The first-order chi connectivity index (χ1) is 8.92. The Morgan fingerprint density at radius 3 is 2.94 bits per heavy atom. The third-order valence-corrected chi connectivity index (χ3v) is 4.30. The van der Waals surface area contributed by atoms with Gasteiger partial charge < -0.3 is 10.1 Å². The van der Waals surface area contributed by atoms with E-state index < -0.39 is 0 Å². The van der Waals surface area contributed by atoms with Crippen LogP contribution < -0.4 is 5.32 Å². The summed E-state index contributed by atoms with van der Waals surface area (Å²) in [5, 5.41) is 4.59. The van der Waals surface area contributed by atoms with E-state index in [1.807, 2.05) is 17.8 Å². The molecule has 2 aliphatic rings. The first-order valence-electron chi connectivity index (χ1n) is 6.51. The van der Waals surface area contributed by atoms with E-state index in [1.54, 1.807) is 0 Å². The van der Waals surface area contributed by atoms with Crippen LogP contribution in [0.1, 0.15) is 24.4 Å². The number of ether oxygens (including phenoxy) is 1. The van der Waals surface area contributed by atoms with Gasteiger partial charge in [0.2, 0.25) is 0 Å². The summed E-state index contributed by atoms with van der Waals surface area (Å²) in [5.41, 5.74) is 1.31. The van der Waals surface area contributed by atoms with Crippen molar-refractivity contribution >= 4 is 16.9 Å². The molecule has 4 heteroatoms. The lowest BCUT2D eigenvalue weighted by atomic mass is 10.1. The molecule has 1 fully saturated rings. The lowest BCUT2D eigenvalue weighted by Gasteiger charge is -2.23. The van der Waals surface area contributed by atoms with Gasteiger partial charge in [-0.25, -0.2) is 0 Å². The number of aliphatic imine (C=N–C) groups is 1. The van der Waals surface area contributed by atoms with E-state index in [9.17, 15) is 0 Å². The molecule has 1 aromatic rings. The van der Waals surface area contributed by atoms with Crippen LogP contribution in [-0.2, 0) is 4.74 Å². The number of thioether (sulfide) groups is 1. The quantitative estimate of drug-likeness (QED) is 0.889. The second-order valence-electron chi connectivity index (χ2n) is 4.73. The van der Waals surface area contributed by atoms with E-state index in [-0.39, 0.29) is 0 Å². The standard InChI is InChI=1S/C14H18N2OS/c1-2-5-11(6-3-1)13-10-18-14(16-13)15-12-7-4-8-17-9-12/h1-3,5-6,12-13H,4,7-10H2,(H,15,16). The Balaban J connectivity index is 1.61. The first kappa shape index (κ1) is 12.1. The average Bonchev–Trinajstić information content (AvgIpc) is 2.89. The van der Waals surface area contributed by atoms with Crippen molar-refractivity contribution in [1.29, 1.82) is 0 Å². The van der Waals surface area contributed by atoms with Crippen LogP contribution in [0.4, 0.5) is 0 Å². The van der Waals surface area contributed by atoms with E-state index >= 15 is 0 Å². The lowest BCUT2D eigenvalue weighted by molar-refractivity contribution is 0.0767. The highest BCUT2D eigenvalue weighted by Crippen LogP contribution is 2.29. The van der Waals surface area contributed by atoms with E-state index in [1.165, 1.54) is 12.0 Å². The molecule has 0 spiro atoms. The molecule has 0 saturated carbocycles. The third kappa shape index (κ3) is 2.87. The van der Waals surface area contributed by atoms with E-state index in [2.05, 4.69) is 29.6 Å². The maximum Gasteiger partial charge on any atom is 0.157 e. The van der Waals surface area contributed by atoms with Gasteiger partial charge in [-0.2, -0.15) is 0 Å². The van der Waals surface area contributed by atoms with E-state index in [0.717, 1.165) is 30.6 Å². The molecule has 0 radical (unpaired) electrons. The Labute approximate surface area is 112 Å². The highest BCUT2D eigenvalue weighted by Gasteiger charge is 2.22. The maximum absolute atomic E-state index is 5.48. The fourth-order valence-electron chi connectivity index (χ4n) is 2.33. The van der Waals surface area contributed by atoms with E-state index in [0.29, 0.717) is 12.1 Å². The lowest BCUT2D eigenvalue weighted by Crippen LogP contribution is -2.38. The van der Waals surface area contributed by atoms with Crippen molar-refractivity contribution in [2.45, 2.75) is 24.9 Å². The van der Waals surface area contributed by atoms with Gasteiger partial charge in [0, 0.05) is 12.4 Å². The monoisotopic (exact) mass is 262 g/mol. The molecule has 96 valence electrons. The summed E-state index contributed by atoms with van der Waals surface area (Å²) < 4.78 is 5.48. The molecule has 3 nitrogen and oxygen atoms in total. The summed E-state index contributed by atoms with van der Waals surface area (Å²) in [4.78, 5) is 4.77. The van der Waals surface area contributed by atoms with Gasteiger partial charge in [-0.15, -0.1) is 0 Å². The Kier molecular flexibility index (Phi) is 3.86. The fourth-order valence-corrected chi connectivity index (χ4v) is 3.36. The van der Waals surface area contributed by atoms with Crippen molar-refractivity contribution < 1.29 is 4.74 Å². The van der Waals surface area contributed by atoms with Crippen LogP contribution in [-0.4, -0.2) is 30.2 Å². The molecule has 0 amide bonds. The molecule has 1 saturated heterocycles.